The van der Waals surface area contributed by atoms with Gasteiger partial charge in [0, 0.05) is 33.3 Å². The fourth-order valence-corrected chi connectivity index (χ4v) is 6.79. The zero-order chi connectivity index (χ0) is 24.7. The maximum atomic E-state index is 12.7. The quantitative estimate of drug-likeness (QED) is 0.317. The summed E-state index contributed by atoms with van der Waals surface area (Å²) in [5.74, 6) is 1.45. The first-order chi connectivity index (χ1) is 16.7. The molecule has 2 aliphatic rings. The van der Waals surface area contributed by atoms with Crippen LogP contribution < -0.4 is 10.6 Å². The first-order valence-corrected chi connectivity index (χ1v) is 14.0. The Morgan fingerprint density at radius 2 is 2.11 bits per heavy atom. The maximum absolute atomic E-state index is 12.7. The van der Waals surface area contributed by atoms with Crippen LogP contribution in [0, 0.1) is 12.8 Å². The van der Waals surface area contributed by atoms with E-state index < -0.39 is 10.0 Å². The van der Waals surface area contributed by atoms with Gasteiger partial charge < -0.3 is 10.6 Å². The molecule has 10 nitrogen and oxygen atoms in total. The van der Waals surface area contributed by atoms with Crippen LogP contribution in [0.1, 0.15) is 35.7 Å². The van der Waals surface area contributed by atoms with E-state index in [9.17, 15) is 8.42 Å². The molecule has 0 aromatic carbocycles. The van der Waals surface area contributed by atoms with Gasteiger partial charge in [-0.2, -0.15) is 0 Å². The van der Waals surface area contributed by atoms with E-state index in [0.29, 0.717) is 26.2 Å². The van der Waals surface area contributed by atoms with Gasteiger partial charge in [0.1, 0.15) is 10.1 Å². The Hall–Kier alpha value is -2.67. The second kappa shape index (κ2) is 9.41. The predicted octanol–water partition coefficient (Wildman–Crippen LogP) is 2.43. The standard InChI is InChI=1S/C23H31N8O2S2/c1-15-9-20(34-23(15)35(32,33)29(2)3)28-21-22-25-12-19(17-11-26-30(4)13-17)31(22)14-18(27-21)7-8-24-10-16-5-6-16/h9,11-14,16-17,24H,5-8,10H2,1-4H3,(H,27,28)/q+1. The van der Waals surface area contributed by atoms with E-state index in [1.807, 2.05) is 44.9 Å². The van der Waals surface area contributed by atoms with Crippen molar-refractivity contribution >= 4 is 50.3 Å². The van der Waals surface area contributed by atoms with Crippen molar-refractivity contribution in [2.24, 2.45) is 11.0 Å². The number of fused-ring (bicyclic) bond motifs is 1. The molecule has 1 unspecified atom stereocenters. The van der Waals surface area contributed by atoms with E-state index in [1.54, 1.807) is 18.8 Å². The Labute approximate surface area is 209 Å². The topological polar surface area (TPSA) is 107 Å². The molecule has 1 fully saturated rings. The molecule has 12 heteroatoms. The van der Waals surface area contributed by atoms with Crippen LogP contribution in [0.4, 0.5) is 10.8 Å². The molecule has 0 bridgehead atoms. The molecule has 3 aromatic heterocycles. The van der Waals surface area contributed by atoms with Gasteiger partial charge in [0.15, 0.2) is 24.7 Å². The molecular formula is C23H31N8O2S2+. The molecule has 1 aliphatic carbocycles. The third kappa shape index (κ3) is 5.01. The number of hydrogen-bond acceptors (Lipinski definition) is 8. The van der Waals surface area contributed by atoms with Crippen molar-refractivity contribution in [1.29, 1.82) is 0 Å². The van der Waals surface area contributed by atoms with Crippen molar-refractivity contribution in [2.45, 2.75) is 36.3 Å². The third-order valence-electron chi connectivity index (χ3n) is 6.21. The summed E-state index contributed by atoms with van der Waals surface area (Å²) in [6.07, 6.45) is 11.3. The van der Waals surface area contributed by atoms with Crippen LogP contribution in [-0.2, 0) is 16.4 Å². The molecule has 0 amide bonds. The largest absolute Gasteiger partial charge is 0.329 e. The van der Waals surface area contributed by atoms with Crippen LogP contribution in [0.15, 0.2) is 27.8 Å². The maximum Gasteiger partial charge on any atom is 0.252 e. The molecule has 0 saturated heterocycles. The number of hydrazone groups is 1. The lowest BCUT2D eigenvalue weighted by molar-refractivity contribution is -0.494. The number of imidazole rings is 1. The number of thiophene rings is 1. The van der Waals surface area contributed by atoms with Crippen LogP contribution in [0.25, 0.3) is 5.65 Å². The van der Waals surface area contributed by atoms with E-state index in [0.717, 1.165) is 36.8 Å². The van der Waals surface area contributed by atoms with Gasteiger partial charge in [0.05, 0.1) is 28.8 Å². The Balaban J connectivity index is 1.48. The first kappa shape index (κ1) is 24.0. The van der Waals surface area contributed by atoms with Crippen molar-refractivity contribution in [3.05, 3.63) is 35.4 Å². The predicted molar refractivity (Wildman–Crippen MR) is 139 cm³/mol. The fraction of sp³-hybridized carbons (Fsp3) is 0.478. The number of aromatic nitrogens is 3. The summed E-state index contributed by atoms with van der Waals surface area (Å²) in [6, 6.07) is 1.85. The van der Waals surface area contributed by atoms with Gasteiger partial charge in [-0.25, -0.2) is 22.7 Å². The van der Waals surface area contributed by atoms with Gasteiger partial charge in [-0.1, -0.05) is 4.68 Å². The highest BCUT2D eigenvalue weighted by atomic mass is 32.2. The van der Waals surface area contributed by atoms with Crippen molar-refractivity contribution < 1.29 is 13.1 Å². The van der Waals surface area contributed by atoms with Crippen LogP contribution >= 0.6 is 11.3 Å². The molecule has 0 spiro atoms. The SMILES string of the molecule is Cc1cc(Nc2nc(CCNCC3CC3)cn3c(C4C=N[N+](C)=C4)cnc23)sc1S(=O)(=O)N(C)C. The van der Waals surface area contributed by atoms with Crippen LogP contribution in [-0.4, -0.2) is 78.4 Å². The van der Waals surface area contributed by atoms with E-state index in [4.69, 9.17) is 4.98 Å². The Kier molecular flexibility index (Phi) is 6.47. The molecule has 0 radical (unpaired) electrons. The minimum absolute atomic E-state index is 0.0203. The summed E-state index contributed by atoms with van der Waals surface area (Å²) in [7, 11) is 1.47. The number of nitrogens with zero attached hydrogens (tertiary/aromatic N) is 6. The van der Waals surface area contributed by atoms with E-state index >= 15 is 0 Å². The lowest BCUT2D eigenvalue weighted by Crippen LogP contribution is -2.21. The molecule has 5 rings (SSSR count). The highest BCUT2D eigenvalue weighted by molar-refractivity contribution is 7.91. The van der Waals surface area contributed by atoms with Gasteiger partial charge >= 0.3 is 0 Å². The summed E-state index contributed by atoms with van der Waals surface area (Å²) >= 11 is 1.20. The van der Waals surface area contributed by atoms with Crippen LogP contribution in [0.2, 0.25) is 0 Å². The first-order valence-electron chi connectivity index (χ1n) is 11.7. The molecule has 35 heavy (non-hydrogen) atoms. The van der Waals surface area contributed by atoms with Crippen LogP contribution in [0.3, 0.4) is 0 Å². The molecule has 1 atom stereocenters. The molecule has 186 valence electrons. The van der Waals surface area contributed by atoms with Gasteiger partial charge in [-0.05, 0) is 49.0 Å². The van der Waals surface area contributed by atoms with Gasteiger partial charge in [-0.3, -0.25) is 4.40 Å². The number of rotatable bonds is 10. The van der Waals surface area contributed by atoms with Gasteiger partial charge in [0.25, 0.3) is 10.0 Å². The van der Waals surface area contributed by atoms with Crippen molar-refractivity contribution in [3.63, 3.8) is 0 Å². The second-order valence-electron chi connectivity index (χ2n) is 9.36. The van der Waals surface area contributed by atoms with E-state index in [1.165, 1.54) is 28.5 Å². The smallest absolute Gasteiger partial charge is 0.252 e. The summed E-state index contributed by atoms with van der Waals surface area (Å²) in [6.45, 7) is 3.71. The highest BCUT2D eigenvalue weighted by Crippen LogP contribution is 2.34. The fourth-order valence-electron chi connectivity index (χ4n) is 4.06. The summed E-state index contributed by atoms with van der Waals surface area (Å²) in [5, 5.41) is 11.9. The van der Waals surface area contributed by atoms with Gasteiger partial charge in [-0.15, -0.1) is 11.3 Å². The number of nitrogens with one attached hydrogen (secondary N) is 2. The number of sulfonamides is 1. The summed E-state index contributed by atoms with van der Waals surface area (Å²) < 4.78 is 30.8. The highest BCUT2D eigenvalue weighted by Gasteiger charge is 2.25. The Morgan fingerprint density at radius 1 is 1.31 bits per heavy atom. The number of hydrogen-bond donors (Lipinski definition) is 2. The van der Waals surface area contributed by atoms with Crippen LogP contribution in [0.5, 0.6) is 0 Å². The molecule has 4 heterocycles. The number of aryl methyl sites for hydroxylation is 1. The van der Waals surface area contributed by atoms with Crippen molar-refractivity contribution in [1.82, 2.24) is 24.0 Å². The van der Waals surface area contributed by atoms with Crippen molar-refractivity contribution in [2.75, 3.05) is 39.5 Å². The average Bonchev–Trinajstić information content (AvgIpc) is 3.17. The second-order valence-corrected chi connectivity index (χ2v) is 12.8. The number of anilines is 2. The molecule has 1 saturated carbocycles. The summed E-state index contributed by atoms with van der Waals surface area (Å²) in [5.41, 5.74) is 3.32. The van der Waals surface area contributed by atoms with Crippen molar-refractivity contribution in [3.8, 4) is 0 Å². The minimum Gasteiger partial charge on any atom is -0.329 e. The Bertz CT molecular complexity index is 1420. The minimum atomic E-state index is -3.52. The lowest BCUT2D eigenvalue weighted by Gasteiger charge is -2.11. The molecule has 2 N–H and O–H groups in total. The van der Waals surface area contributed by atoms with Gasteiger partial charge in [0.2, 0.25) is 0 Å². The lowest BCUT2D eigenvalue weighted by atomic mass is 10.1. The molecule has 1 aliphatic heterocycles. The third-order valence-corrected chi connectivity index (χ3v) is 9.80. The average molecular weight is 516 g/mol. The molecule has 3 aromatic rings. The normalized spacial score (nSPS) is 18.1. The zero-order valence-corrected chi connectivity index (χ0v) is 22.0. The monoisotopic (exact) mass is 515 g/mol. The summed E-state index contributed by atoms with van der Waals surface area (Å²) in [4.78, 5) is 9.54. The zero-order valence-electron chi connectivity index (χ0n) is 20.4. The Morgan fingerprint density at radius 3 is 2.80 bits per heavy atom. The van der Waals surface area contributed by atoms with E-state index in [-0.39, 0.29) is 5.92 Å². The van der Waals surface area contributed by atoms with E-state index in [2.05, 4.69) is 25.1 Å². The molecular weight excluding hydrogens is 484 g/mol.